The Morgan fingerprint density at radius 2 is 1.82 bits per heavy atom. The van der Waals surface area contributed by atoms with Crippen LogP contribution in [0.3, 0.4) is 0 Å². The normalized spacial score (nSPS) is 11.0. The Morgan fingerprint density at radius 3 is 2.43 bits per heavy atom. The molecule has 0 saturated carbocycles. The minimum atomic E-state index is -0.0613. The summed E-state index contributed by atoms with van der Waals surface area (Å²) in [6.07, 6.45) is 1.70. The highest BCUT2D eigenvalue weighted by Gasteiger charge is 2.21. The maximum Gasteiger partial charge on any atom is 0.253 e. The first kappa shape index (κ1) is 20.2. The fourth-order valence-corrected chi connectivity index (χ4v) is 3.86. The molecule has 0 aliphatic rings. The summed E-state index contributed by atoms with van der Waals surface area (Å²) >= 11 is 6.41. The maximum absolute atomic E-state index is 12.5. The van der Waals surface area contributed by atoms with Crippen molar-refractivity contribution < 1.29 is 9.59 Å². The van der Waals surface area contributed by atoms with Crippen LogP contribution in [0.5, 0.6) is 0 Å². The minimum Gasteiger partial charge on any atom is -0.345 e. The van der Waals surface area contributed by atoms with Gasteiger partial charge in [0.15, 0.2) is 5.78 Å². The summed E-state index contributed by atoms with van der Waals surface area (Å²) in [7, 11) is 3.47. The van der Waals surface area contributed by atoms with E-state index in [1.807, 2.05) is 36.4 Å². The summed E-state index contributed by atoms with van der Waals surface area (Å²) in [6, 6.07) is 13.3. The molecule has 0 spiro atoms. The van der Waals surface area contributed by atoms with Gasteiger partial charge in [-0.3, -0.25) is 9.59 Å². The molecule has 0 atom stereocenters. The van der Waals surface area contributed by atoms with Gasteiger partial charge < -0.3 is 9.47 Å². The molecule has 3 aromatic rings. The van der Waals surface area contributed by atoms with Crippen molar-refractivity contribution in [3.05, 3.63) is 69.9 Å². The SMILES string of the molecule is CCCc1c(C(C)=O)c2ccc(C(=O)N(C)C)cc2n1Cc1ccccc1Cl. The van der Waals surface area contributed by atoms with Crippen LogP contribution in [-0.4, -0.2) is 35.3 Å². The van der Waals surface area contributed by atoms with Crippen LogP contribution in [0.25, 0.3) is 10.9 Å². The van der Waals surface area contributed by atoms with E-state index >= 15 is 0 Å². The topological polar surface area (TPSA) is 42.3 Å². The highest BCUT2D eigenvalue weighted by Crippen LogP contribution is 2.31. The van der Waals surface area contributed by atoms with E-state index in [2.05, 4.69) is 11.5 Å². The highest BCUT2D eigenvalue weighted by atomic mass is 35.5. The molecule has 0 N–H and O–H groups in total. The number of halogens is 1. The fourth-order valence-electron chi connectivity index (χ4n) is 3.66. The lowest BCUT2D eigenvalue weighted by Crippen LogP contribution is -2.21. The van der Waals surface area contributed by atoms with Gasteiger partial charge in [0.05, 0.1) is 5.52 Å². The van der Waals surface area contributed by atoms with E-state index in [4.69, 9.17) is 11.6 Å². The van der Waals surface area contributed by atoms with Crippen molar-refractivity contribution in [1.82, 2.24) is 9.47 Å². The van der Waals surface area contributed by atoms with Crippen LogP contribution in [0, 0.1) is 0 Å². The lowest BCUT2D eigenvalue weighted by molar-refractivity contribution is 0.0827. The van der Waals surface area contributed by atoms with Crippen molar-refractivity contribution in [1.29, 1.82) is 0 Å². The third kappa shape index (κ3) is 3.69. The number of aromatic nitrogens is 1. The number of amides is 1. The molecule has 0 aliphatic heterocycles. The van der Waals surface area contributed by atoms with Crippen molar-refractivity contribution >= 4 is 34.2 Å². The number of nitrogens with zero attached hydrogens (tertiary/aromatic N) is 2. The second kappa shape index (κ2) is 8.19. The Morgan fingerprint density at radius 1 is 1.11 bits per heavy atom. The van der Waals surface area contributed by atoms with Gasteiger partial charge >= 0.3 is 0 Å². The van der Waals surface area contributed by atoms with Crippen molar-refractivity contribution in [2.24, 2.45) is 0 Å². The summed E-state index contributed by atoms with van der Waals surface area (Å²) in [6.45, 7) is 4.26. The number of fused-ring (bicyclic) bond motifs is 1. The van der Waals surface area contributed by atoms with Gasteiger partial charge in [-0.2, -0.15) is 0 Å². The Labute approximate surface area is 170 Å². The van der Waals surface area contributed by atoms with Gasteiger partial charge in [0, 0.05) is 47.9 Å². The molecule has 5 heteroatoms. The van der Waals surface area contributed by atoms with Crippen LogP contribution in [0.4, 0.5) is 0 Å². The van der Waals surface area contributed by atoms with Crippen LogP contribution in [0.1, 0.15) is 52.2 Å². The zero-order valence-corrected chi connectivity index (χ0v) is 17.5. The predicted molar refractivity (Wildman–Crippen MR) is 115 cm³/mol. The number of rotatable bonds is 6. The molecule has 2 aromatic carbocycles. The number of carbonyl (C=O) groups excluding carboxylic acids is 2. The molecule has 146 valence electrons. The Bertz CT molecular complexity index is 1050. The van der Waals surface area contributed by atoms with Crippen LogP contribution in [-0.2, 0) is 13.0 Å². The summed E-state index contributed by atoms with van der Waals surface area (Å²) in [5.74, 6) is -0.0214. The van der Waals surface area contributed by atoms with Crippen molar-refractivity contribution in [3.63, 3.8) is 0 Å². The van der Waals surface area contributed by atoms with E-state index in [0.29, 0.717) is 17.1 Å². The Kier molecular flexibility index (Phi) is 5.90. The van der Waals surface area contributed by atoms with Crippen LogP contribution < -0.4 is 0 Å². The summed E-state index contributed by atoms with van der Waals surface area (Å²) in [5.41, 5.74) is 4.22. The molecule has 0 fully saturated rings. The number of hydrogen-bond donors (Lipinski definition) is 0. The minimum absolute atomic E-state index is 0.0399. The quantitative estimate of drug-likeness (QED) is 0.537. The smallest absolute Gasteiger partial charge is 0.253 e. The zero-order chi connectivity index (χ0) is 20.4. The molecule has 0 radical (unpaired) electrons. The van der Waals surface area contributed by atoms with E-state index in [9.17, 15) is 9.59 Å². The Hall–Kier alpha value is -2.59. The summed E-state index contributed by atoms with van der Waals surface area (Å²) < 4.78 is 2.14. The van der Waals surface area contributed by atoms with E-state index < -0.39 is 0 Å². The first-order valence-electron chi connectivity index (χ1n) is 9.46. The summed E-state index contributed by atoms with van der Waals surface area (Å²) in [5, 5.41) is 1.58. The van der Waals surface area contributed by atoms with E-state index in [-0.39, 0.29) is 11.7 Å². The van der Waals surface area contributed by atoms with Crippen molar-refractivity contribution in [2.45, 2.75) is 33.2 Å². The number of hydrogen-bond acceptors (Lipinski definition) is 2. The van der Waals surface area contributed by atoms with Gasteiger partial charge in [0.1, 0.15) is 0 Å². The van der Waals surface area contributed by atoms with Gasteiger partial charge in [0.25, 0.3) is 5.91 Å². The van der Waals surface area contributed by atoms with E-state index in [0.717, 1.165) is 40.6 Å². The molecule has 1 amide bonds. The average Bonchev–Trinajstić information content (AvgIpc) is 2.96. The molecule has 0 aliphatic carbocycles. The molecule has 4 nitrogen and oxygen atoms in total. The lowest BCUT2D eigenvalue weighted by Gasteiger charge is -2.14. The fraction of sp³-hybridized carbons (Fsp3) is 0.304. The van der Waals surface area contributed by atoms with Gasteiger partial charge in [-0.1, -0.05) is 49.2 Å². The van der Waals surface area contributed by atoms with Crippen LogP contribution in [0.15, 0.2) is 42.5 Å². The maximum atomic E-state index is 12.5. The van der Waals surface area contributed by atoms with E-state index in [1.165, 1.54) is 0 Å². The van der Waals surface area contributed by atoms with Crippen LogP contribution in [0.2, 0.25) is 5.02 Å². The molecule has 0 bridgehead atoms. The third-order valence-electron chi connectivity index (χ3n) is 4.95. The molecular formula is C23H25ClN2O2. The van der Waals surface area contributed by atoms with Gasteiger partial charge in [0.2, 0.25) is 0 Å². The third-order valence-corrected chi connectivity index (χ3v) is 5.32. The number of carbonyl (C=O) groups is 2. The molecule has 1 aromatic heterocycles. The monoisotopic (exact) mass is 396 g/mol. The summed E-state index contributed by atoms with van der Waals surface area (Å²) in [4.78, 5) is 26.5. The molecule has 28 heavy (non-hydrogen) atoms. The highest BCUT2D eigenvalue weighted by molar-refractivity contribution is 6.31. The number of benzene rings is 2. The largest absolute Gasteiger partial charge is 0.345 e. The standard InChI is InChI=1S/C23H25ClN2O2/c1-5-8-20-22(15(2)27)18-12-11-16(23(28)25(3)4)13-21(18)26(20)14-17-9-6-7-10-19(17)24/h6-7,9-13H,5,8,14H2,1-4H3. The second-order valence-electron chi connectivity index (χ2n) is 7.24. The molecule has 0 saturated heterocycles. The first-order valence-corrected chi connectivity index (χ1v) is 9.84. The molecule has 3 rings (SSSR count). The van der Waals surface area contributed by atoms with Gasteiger partial charge in [-0.25, -0.2) is 0 Å². The number of Topliss-reactive ketones (excluding diaryl/α,β-unsaturated/α-hetero) is 1. The molecule has 1 heterocycles. The lowest BCUT2D eigenvalue weighted by atomic mass is 10.0. The van der Waals surface area contributed by atoms with Gasteiger partial charge in [-0.15, -0.1) is 0 Å². The number of ketones is 1. The Balaban J connectivity index is 2.29. The first-order chi connectivity index (χ1) is 13.3. The van der Waals surface area contributed by atoms with Crippen LogP contribution >= 0.6 is 11.6 Å². The zero-order valence-electron chi connectivity index (χ0n) is 16.8. The average molecular weight is 397 g/mol. The van der Waals surface area contributed by atoms with Crippen molar-refractivity contribution in [3.8, 4) is 0 Å². The van der Waals surface area contributed by atoms with E-state index in [1.54, 1.807) is 32.0 Å². The molecule has 0 unspecified atom stereocenters. The van der Waals surface area contributed by atoms with Gasteiger partial charge in [-0.05, 0) is 37.1 Å². The second-order valence-corrected chi connectivity index (χ2v) is 7.64. The molecular weight excluding hydrogens is 372 g/mol. The van der Waals surface area contributed by atoms with Crippen molar-refractivity contribution in [2.75, 3.05) is 14.1 Å². The predicted octanol–water partition coefficient (Wildman–Crippen LogP) is 5.20.